The monoisotopic (exact) mass is 370 g/mol. The molecule has 1 aromatic heterocycles. The molecule has 0 spiro atoms. The van der Waals surface area contributed by atoms with E-state index in [9.17, 15) is 14.7 Å². The summed E-state index contributed by atoms with van der Waals surface area (Å²) >= 11 is 5.92. The number of carbonyl (C=O) groups excluding carboxylic acids is 1. The predicted octanol–water partition coefficient (Wildman–Crippen LogP) is 3.21. The van der Waals surface area contributed by atoms with Gasteiger partial charge in [0.2, 0.25) is 5.56 Å². The van der Waals surface area contributed by atoms with Crippen LogP contribution >= 0.6 is 11.6 Å². The van der Waals surface area contributed by atoms with Crippen LogP contribution < -0.4 is 5.56 Å². The van der Waals surface area contributed by atoms with Crippen LogP contribution in [0.1, 0.15) is 22.3 Å². The number of H-pyrrole nitrogens is 1. The highest BCUT2D eigenvalue weighted by atomic mass is 35.5. The van der Waals surface area contributed by atoms with E-state index in [2.05, 4.69) is 4.98 Å². The number of carbonyl (C=O) groups is 1. The molecule has 134 valence electrons. The fraction of sp³-hybridized carbons (Fsp3) is 0.200. The number of hydrogen-bond acceptors (Lipinski definition) is 3. The summed E-state index contributed by atoms with van der Waals surface area (Å²) in [6, 6.07) is 15.8. The van der Waals surface area contributed by atoms with Crippen molar-refractivity contribution >= 4 is 28.4 Å². The Kier molecular flexibility index (Phi) is 5.71. The number of nitrogens with zero attached hydrogens (tertiary/aromatic N) is 1. The van der Waals surface area contributed by atoms with E-state index in [0.29, 0.717) is 41.0 Å². The maximum absolute atomic E-state index is 13.2. The molecule has 0 aliphatic rings. The summed E-state index contributed by atoms with van der Waals surface area (Å²) in [7, 11) is 0. The Morgan fingerprint density at radius 1 is 1.12 bits per heavy atom. The van der Waals surface area contributed by atoms with Crippen LogP contribution in [0.4, 0.5) is 0 Å². The van der Waals surface area contributed by atoms with Gasteiger partial charge in [-0.3, -0.25) is 9.59 Å². The van der Waals surface area contributed by atoms with E-state index in [1.807, 2.05) is 30.3 Å². The number of rotatable bonds is 6. The topological polar surface area (TPSA) is 73.4 Å². The number of pyridine rings is 1. The standard InChI is InChI=1S/C20H19ClN2O3/c21-15-8-6-14(7-9-15)13-23(10-3-11-24)20(26)17-12-19(25)22-18-5-2-1-4-16(17)18/h1-2,4-9,12,24H,3,10-11,13H2,(H,22,25). The van der Waals surface area contributed by atoms with Crippen LogP contribution in [-0.4, -0.2) is 34.0 Å². The molecule has 0 unspecified atom stereocenters. The highest BCUT2D eigenvalue weighted by molar-refractivity contribution is 6.30. The molecule has 3 rings (SSSR count). The maximum atomic E-state index is 13.2. The number of hydrogen-bond donors (Lipinski definition) is 2. The first kappa shape index (κ1) is 18.2. The van der Waals surface area contributed by atoms with Gasteiger partial charge in [0.15, 0.2) is 0 Å². The third-order valence-electron chi connectivity index (χ3n) is 4.14. The lowest BCUT2D eigenvalue weighted by molar-refractivity contribution is 0.0734. The largest absolute Gasteiger partial charge is 0.396 e. The molecule has 1 amide bonds. The first-order valence-electron chi connectivity index (χ1n) is 8.35. The number of nitrogens with one attached hydrogen (secondary N) is 1. The van der Waals surface area contributed by atoms with Gasteiger partial charge < -0.3 is 15.0 Å². The van der Waals surface area contributed by atoms with Crippen molar-refractivity contribution in [2.24, 2.45) is 0 Å². The molecule has 2 N–H and O–H groups in total. The predicted molar refractivity (Wildman–Crippen MR) is 102 cm³/mol. The van der Waals surface area contributed by atoms with Crippen molar-refractivity contribution in [3.05, 3.63) is 81.1 Å². The van der Waals surface area contributed by atoms with Gasteiger partial charge in [-0.25, -0.2) is 0 Å². The van der Waals surface area contributed by atoms with Gasteiger partial charge in [-0.15, -0.1) is 0 Å². The van der Waals surface area contributed by atoms with Crippen LogP contribution in [0.25, 0.3) is 10.9 Å². The Balaban J connectivity index is 1.97. The molecule has 5 nitrogen and oxygen atoms in total. The number of aliphatic hydroxyl groups excluding tert-OH is 1. The quantitative estimate of drug-likeness (QED) is 0.699. The van der Waals surface area contributed by atoms with E-state index in [1.54, 1.807) is 23.1 Å². The van der Waals surface area contributed by atoms with Gasteiger partial charge in [-0.05, 0) is 30.2 Å². The average molecular weight is 371 g/mol. The maximum Gasteiger partial charge on any atom is 0.255 e. The van der Waals surface area contributed by atoms with Crippen molar-refractivity contribution < 1.29 is 9.90 Å². The van der Waals surface area contributed by atoms with Crippen LogP contribution in [0.15, 0.2) is 59.4 Å². The van der Waals surface area contributed by atoms with Crippen LogP contribution in [0.3, 0.4) is 0 Å². The minimum Gasteiger partial charge on any atom is -0.396 e. The van der Waals surface area contributed by atoms with Crippen molar-refractivity contribution in [2.45, 2.75) is 13.0 Å². The van der Waals surface area contributed by atoms with Gasteiger partial charge in [0.25, 0.3) is 5.91 Å². The Labute approximate surface area is 155 Å². The van der Waals surface area contributed by atoms with Crippen LogP contribution in [0, 0.1) is 0 Å². The highest BCUT2D eigenvalue weighted by Crippen LogP contribution is 2.19. The first-order chi connectivity index (χ1) is 12.6. The van der Waals surface area contributed by atoms with E-state index >= 15 is 0 Å². The number of benzene rings is 2. The number of aliphatic hydroxyl groups is 1. The fourth-order valence-corrected chi connectivity index (χ4v) is 3.00. The van der Waals surface area contributed by atoms with Crippen molar-refractivity contribution in [1.82, 2.24) is 9.88 Å². The number of aromatic amines is 1. The molecule has 26 heavy (non-hydrogen) atoms. The van der Waals surface area contributed by atoms with E-state index in [-0.39, 0.29) is 18.1 Å². The number of fused-ring (bicyclic) bond motifs is 1. The molecular formula is C20H19ClN2O3. The second kappa shape index (κ2) is 8.17. The molecule has 2 aromatic carbocycles. The van der Waals surface area contributed by atoms with E-state index in [4.69, 9.17) is 11.6 Å². The first-order valence-corrected chi connectivity index (χ1v) is 8.73. The van der Waals surface area contributed by atoms with Gasteiger partial charge in [-0.2, -0.15) is 0 Å². The molecule has 0 atom stereocenters. The van der Waals surface area contributed by atoms with Crippen molar-refractivity contribution in [3.8, 4) is 0 Å². The average Bonchev–Trinajstić information content (AvgIpc) is 2.65. The number of aromatic nitrogens is 1. The zero-order chi connectivity index (χ0) is 18.5. The molecule has 0 fully saturated rings. The molecule has 0 radical (unpaired) electrons. The van der Waals surface area contributed by atoms with Crippen molar-refractivity contribution in [2.75, 3.05) is 13.2 Å². The minimum atomic E-state index is -0.319. The number of halogens is 1. The lowest BCUT2D eigenvalue weighted by Crippen LogP contribution is -2.33. The summed E-state index contributed by atoms with van der Waals surface area (Å²) in [5.41, 5.74) is 1.59. The summed E-state index contributed by atoms with van der Waals surface area (Å²) < 4.78 is 0. The van der Waals surface area contributed by atoms with Crippen LogP contribution in [0.2, 0.25) is 5.02 Å². The second-order valence-electron chi connectivity index (χ2n) is 6.02. The molecule has 0 saturated carbocycles. The molecular weight excluding hydrogens is 352 g/mol. The van der Waals surface area contributed by atoms with Gasteiger partial charge in [0, 0.05) is 41.7 Å². The summed E-state index contributed by atoms with van der Waals surface area (Å²) in [4.78, 5) is 29.5. The SMILES string of the molecule is O=C(c1cc(=O)[nH]c2ccccc12)N(CCCO)Cc1ccc(Cl)cc1. The Morgan fingerprint density at radius 3 is 2.58 bits per heavy atom. The molecule has 3 aromatic rings. The van der Waals surface area contributed by atoms with Gasteiger partial charge in [0.05, 0.1) is 5.56 Å². The van der Waals surface area contributed by atoms with E-state index in [1.165, 1.54) is 6.07 Å². The van der Waals surface area contributed by atoms with Crippen LogP contribution in [0.5, 0.6) is 0 Å². The zero-order valence-electron chi connectivity index (χ0n) is 14.1. The number of amides is 1. The number of para-hydroxylation sites is 1. The molecule has 0 bridgehead atoms. The van der Waals surface area contributed by atoms with Crippen LogP contribution in [-0.2, 0) is 6.54 Å². The van der Waals surface area contributed by atoms with E-state index in [0.717, 1.165) is 5.56 Å². The molecule has 0 aliphatic carbocycles. The Bertz CT molecular complexity index is 967. The summed E-state index contributed by atoms with van der Waals surface area (Å²) in [6.07, 6.45) is 0.459. The van der Waals surface area contributed by atoms with Gasteiger partial charge >= 0.3 is 0 Å². The summed E-state index contributed by atoms with van der Waals surface area (Å²) in [5, 5.41) is 10.5. The third kappa shape index (κ3) is 4.12. The Morgan fingerprint density at radius 2 is 1.85 bits per heavy atom. The highest BCUT2D eigenvalue weighted by Gasteiger charge is 2.19. The molecule has 0 saturated heterocycles. The third-order valence-corrected chi connectivity index (χ3v) is 4.39. The van der Waals surface area contributed by atoms with Gasteiger partial charge in [0.1, 0.15) is 0 Å². The lowest BCUT2D eigenvalue weighted by atomic mass is 10.1. The van der Waals surface area contributed by atoms with Crippen molar-refractivity contribution in [3.63, 3.8) is 0 Å². The van der Waals surface area contributed by atoms with Gasteiger partial charge in [-0.1, -0.05) is 41.9 Å². The fourth-order valence-electron chi connectivity index (χ4n) is 2.88. The second-order valence-corrected chi connectivity index (χ2v) is 6.46. The van der Waals surface area contributed by atoms with E-state index < -0.39 is 0 Å². The smallest absolute Gasteiger partial charge is 0.255 e. The minimum absolute atomic E-state index is 0.0134. The zero-order valence-corrected chi connectivity index (χ0v) is 14.9. The summed E-state index contributed by atoms with van der Waals surface area (Å²) in [5.74, 6) is -0.240. The molecule has 1 heterocycles. The Hall–Kier alpha value is -2.63. The summed E-state index contributed by atoms with van der Waals surface area (Å²) in [6.45, 7) is 0.747. The van der Waals surface area contributed by atoms with Crippen molar-refractivity contribution in [1.29, 1.82) is 0 Å². The molecule has 0 aliphatic heterocycles. The lowest BCUT2D eigenvalue weighted by Gasteiger charge is -2.23. The molecule has 6 heteroatoms. The normalized spacial score (nSPS) is 10.8.